The zero-order valence-electron chi connectivity index (χ0n) is 6.65. The van der Waals surface area contributed by atoms with Gasteiger partial charge in [0.15, 0.2) is 0 Å². The van der Waals surface area contributed by atoms with Crippen LogP contribution in [0.5, 0.6) is 0 Å². The first-order valence-corrected chi connectivity index (χ1v) is 4.40. The summed E-state index contributed by atoms with van der Waals surface area (Å²) < 4.78 is 0.226. The van der Waals surface area contributed by atoms with E-state index in [9.17, 15) is 4.79 Å². The van der Waals surface area contributed by atoms with Crippen molar-refractivity contribution in [3.63, 3.8) is 0 Å². The first-order chi connectivity index (χ1) is 6.20. The molecule has 13 heavy (non-hydrogen) atoms. The van der Waals surface area contributed by atoms with Crippen molar-refractivity contribution in [2.45, 2.75) is 0 Å². The molecular weight excluding hydrogens is 204 g/mol. The summed E-state index contributed by atoms with van der Waals surface area (Å²) in [4.78, 5) is 11.3. The van der Waals surface area contributed by atoms with E-state index >= 15 is 0 Å². The zero-order valence-corrected chi connectivity index (χ0v) is 8.36. The summed E-state index contributed by atoms with van der Waals surface area (Å²) in [7, 11) is 0. The maximum absolute atomic E-state index is 11.3. The molecule has 0 unspecified atom stereocenters. The van der Waals surface area contributed by atoms with Gasteiger partial charge in [0, 0.05) is 5.56 Å². The summed E-state index contributed by atoms with van der Waals surface area (Å²) in [5.41, 5.74) is 5.40. The van der Waals surface area contributed by atoms with E-state index < -0.39 is 0 Å². The number of carbonyl (C=O) groups excluding carboxylic acids is 1. The second-order valence-electron chi connectivity index (χ2n) is 2.25. The Bertz CT molecular complexity index is 313. The number of nitrogens with one attached hydrogen (secondary N) is 2. The second-order valence-corrected chi connectivity index (χ2v) is 3.41. The molecule has 0 aromatic heterocycles. The number of benzene rings is 1. The molecule has 0 fully saturated rings. The molecule has 1 rings (SSSR count). The Morgan fingerprint density at radius 1 is 1.23 bits per heavy atom. The Morgan fingerprint density at radius 3 is 2.38 bits per heavy atom. The summed E-state index contributed by atoms with van der Waals surface area (Å²) in [6.07, 6.45) is 0. The Hall–Kier alpha value is -1.07. The van der Waals surface area contributed by atoms with Crippen molar-refractivity contribution in [1.29, 1.82) is 0 Å². The quantitative estimate of drug-likeness (QED) is 0.371. The molecule has 0 heterocycles. The fourth-order valence-corrected chi connectivity index (χ4v) is 0.879. The van der Waals surface area contributed by atoms with Gasteiger partial charge in [-0.2, -0.15) is 0 Å². The summed E-state index contributed by atoms with van der Waals surface area (Å²) >= 11 is 8.39. The number of hydrazine groups is 1. The summed E-state index contributed by atoms with van der Waals surface area (Å²) in [6, 6.07) is 8.83. The highest BCUT2D eigenvalue weighted by atomic mass is 32.1. The van der Waals surface area contributed by atoms with Crippen LogP contribution in [0.1, 0.15) is 10.4 Å². The molecule has 0 aliphatic carbocycles. The lowest BCUT2D eigenvalue weighted by Crippen LogP contribution is -2.38. The van der Waals surface area contributed by atoms with E-state index in [1.165, 1.54) is 0 Å². The fraction of sp³-hybridized carbons (Fsp3) is 0. The van der Waals surface area contributed by atoms with Crippen molar-refractivity contribution in [1.82, 2.24) is 10.9 Å². The van der Waals surface area contributed by atoms with Gasteiger partial charge in [0.2, 0.25) is 0 Å². The number of amides is 1. The molecule has 5 heteroatoms. The molecule has 0 aliphatic heterocycles. The maximum Gasteiger partial charge on any atom is 0.269 e. The van der Waals surface area contributed by atoms with E-state index in [-0.39, 0.29) is 10.2 Å². The van der Waals surface area contributed by atoms with Crippen LogP contribution >= 0.6 is 24.8 Å². The zero-order chi connectivity index (χ0) is 9.68. The van der Waals surface area contributed by atoms with Crippen molar-refractivity contribution in [2.75, 3.05) is 0 Å². The van der Waals surface area contributed by atoms with E-state index in [0.717, 1.165) is 0 Å². The molecule has 1 aromatic carbocycles. The summed E-state index contributed by atoms with van der Waals surface area (Å²) in [5, 5.41) is 0. The van der Waals surface area contributed by atoms with Crippen LogP contribution in [0.4, 0.5) is 0 Å². The predicted molar refractivity (Wildman–Crippen MR) is 58.6 cm³/mol. The van der Waals surface area contributed by atoms with Crippen LogP contribution in [0.15, 0.2) is 30.3 Å². The minimum Gasteiger partial charge on any atom is -0.283 e. The molecular formula is C8H8N2OS2. The number of thiol groups is 1. The summed E-state index contributed by atoms with van der Waals surface area (Å²) in [6.45, 7) is 0. The van der Waals surface area contributed by atoms with Crippen LogP contribution in [0, 0.1) is 0 Å². The van der Waals surface area contributed by atoms with Crippen LogP contribution in [-0.4, -0.2) is 10.2 Å². The van der Waals surface area contributed by atoms with Crippen LogP contribution in [-0.2, 0) is 0 Å². The average Bonchev–Trinajstić information content (AvgIpc) is 2.15. The fourth-order valence-electron chi connectivity index (χ4n) is 0.772. The van der Waals surface area contributed by atoms with Crippen LogP contribution in [0.3, 0.4) is 0 Å². The molecule has 0 atom stereocenters. The Morgan fingerprint density at radius 2 is 1.85 bits per heavy atom. The molecule has 2 N–H and O–H groups in total. The highest BCUT2D eigenvalue weighted by Gasteiger charge is 2.02. The van der Waals surface area contributed by atoms with E-state index in [4.69, 9.17) is 0 Å². The van der Waals surface area contributed by atoms with Crippen molar-refractivity contribution >= 4 is 35.1 Å². The van der Waals surface area contributed by atoms with Crippen molar-refractivity contribution in [3.8, 4) is 0 Å². The van der Waals surface area contributed by atoms with E-state index in [0.29, 0.717) is 5.56 Å². The van der Waals surface area contributed by atoms with Gasteiger partial charge in [-0.3, -0.25) is 15.6 Å². The lowest BCUT2D eigenvalue weighted by Gasteiger charge is -2.04. The number of hydrogen-bond acceptors (Lipinski definition) is 2. The number of rotatable bonds is 1. The van der Waals surface area contributed by atoms with Crippen LogP contribution in [0.2, 0.25) is 0 Å². The molecule has 68 valence electrons. The minimum absolute atomic E-state index is 0.226. The standard InChI is InChI=1S/C8H8N2OS2/c11-7(9-10-8(12)13)6-4-2-1-3-5-6/h1-5H,(H,9,11)(H2,10,12,13). The van der Waals surface area contributed by atoms with Gasteiger partial charge in [-0.05, 0) is 12.1 Å². The molecule has 0 saturated heterocycles. The molecule has 0 radical (unpaired) electrons. The average molecular weight is 212 g/mol. The van der Waals surface area contributed by atoms with Gasteiger partial charge in [-0.25, -0.2) is 0 Å². The third-order valence-electron chi connectivity index (χ3n) is 1.32. The second kappa shape index (κ2) is 4.84. The summed E-state index contributed by atoms with van der Waals surface area (Å²) in [5.74, 6) is -0.239. The topological polar surface area (TPSA) is 41.1 Å². The Labute approximate surface area is 86.9 Å². The third-order valence-corrected chi connectivity index (χ3v) is 1.53. The maximum atomic E-state index is 11.3. The Balaban J connectivity index is 2.54. The van der Waals surface area contributed by atoms with Crippen molar-refractivity contribution in [2.24, 2.45) is 0 Å². The van der Waals surface area contributed by atoms with Crippen molar-refractivity contribution < 1.29 is 4.79 Å². The molecule has 0 aliphatic rings. The van der Waals surface area contributed by atoms with E-state index in [1.807, 2.05) is 6.07 Å². The largest absolute Gasteiger partial charge is 0.283 e. The van der Waals surface area contributed by atoms with Gasteiger partial charge in [0.05, 0.1) is 0 Å². The minimum atomic E-state index is -0.239. The van der Waals surface area contributed by atoms with Gasteiger partial charge in [0.25, 0.3) is 5.91 Å². The highest BCUT2D eigenvalue weighted by molar-refractivity contribution is 8.11. The molecule has 0 bridgehead atoms. The SMILES string of the molecule is O=C(NNC(=S)S)c1ccccc1. The predicted octanol–water partition coefficient (Wildman–Crippen LogP) is 1.14. The smallest absolute Gasteiger partial charge is 0.269 e. The van der Waals surface area contributed by atoms with Gasteiger partial charge in [-0.15, -0.1) is 12.6 Å². The molecule has 0 spiro atoms. The first-order valence-electron chi connectivity index (χ1n) is 3.54. The number of thiocarbonyl (C=S) groups is 1. The number of carbonyl (C=O) groups is 1. The van der Waals surface area contributed by atoms with Gasteiger partial charge >= 0.3 is 0 Å². The normalized spacial score (nSPS) is 9.00. The monoisotopic (exact) mass is 212 g/mol. The lowest BCUT2D eigenvalue weighted by molar-refractivity contribution is 0.0944. The van der Waals surface area contributed by atoms with Gasteiger partial charge < -0.3 is 0 Å². The first kappa shape index (κ1) is 10.0. The molecule has 1 amide bonds. The number of hydrogen-bond donors (Lipinski definition) is 3. The van der Waals surface area contributed by atoms with Gasteiger partial charge in [-0.1, -0.05) is 30.4 Å². The van der Waals surface area contributed by atoms with Crippen molar-refractivity contribution in [3.05, 3.63) is 35.9 Å². The van der Waals surface area contributed by atoms with E-state index in [2.05, 4.69) is 35.7 Å². The van der Waals surface area contributed by atoms with E-state index in [1.54, 1.807) is 24.3 Å². The highest BCUT2D eigenvalue weighted by Crippen LogP contribution is 1.96. The lowest BCUT2D eigenvalue weighted by atomic mass is 10.2. The molecule has 3 nitrogen and oxygen atoms in total. The van der Waals surface area contributed by atoms with Crippen LogP contribution in [0.25, 0.3) is 0 Å². The Kier molecular flexibility index (Phi) is 3.72. The van der Waals surface area contributed by atoms with Crippen LogP contribution < -0.4 is 10.9 Å². The molecule has 1 aromatic rings. The molecule has 0 saturated carbocycles. The van der Waals surface area contributed by atoms with Gasteiger partial charge in [0.1, 0.15) is 4.32 Å². The third kappa shape index (κ3) is 3.43.